The van der Waals surface area contributed by atoms with E-state index in [0.29, 0.717) is 26.1 Å². The van der Waals surface area contributed by atoms with E-state index < -0.39 is 16.1 Å². The van der Waals surface area contributed by atoms with Gasteiger partial charge in [-0.15, -0.1) is 0 Å². The first-order chi connectivity index (χ1) is 12.9. The Morgan fingerprint density at radius 3 is 2.30 bits per heavy atom. The van der Waals surface area contributed by atoms with Crippen molar-refractivity contribution in [1.82, 2.24) is 14.5 Å². The van der Waals surface area contributed by atoms with Crippen LogP contribution in [0.4, 0.5) is 0 Å². The SMILES string of the molecule is CS(=O)(=O)N1CCCCC1C(=O)N1CCCC(C(=O)NC2CCCCC2)C1. The molecule has 3 fully saturated rings. The number of likely N-dealkylation sites (tertiary alicyclic amines) is 1. The van der Waals surface area contributed by atoms with Crippen molar-refractivity contribution in [3.63, 3.8) is 0 Å². The lowest BCUT2D eigenvalue weighted by Crippen LogP contribution is -2.55. The zero-order valence-electron chi connectivity index (χ0n) is 16.4. The Kier molecular flexibility index (Phi) is 6.78. The summed E-state index contributed by atoms with van der Waals surface area (Å²) in [6, 6.07) is -0.328. The molecule has 154 valence electrons. The fourth-order valence-electron chi connectivity index (χ4n) is 4.72. The molecule has 0 aromatic heterocycles. The summed E-state index contributed by atoms with van der Waals surface area (Å²) in [5.74, 6) is -0.252. The molecule has 2 aliphatic heterocycles. The lowest BCUT2D eigenvalue weighted by atomic mass is 9.92. The monoisotopic (exact) mass is 399 g/mol. The largest absolute Gasteiger partial charge is 0.353 e. The molecular weight excluding hydrogens is 366 g/mol. The number of carbonyl (C=O) groups excluding carboxylic acids is 2. The van der Waals surface area contributed by atoms with Gasteiger partial charge in [0.05, 0.1) is 12.2 Å². The Balaban J connectivity index is 1.60. The van der Waals surface area contributed by atoms with E-state index in [4.69, 9.17) is 0 Å². The predicted octanol–water partition coefficient (Wildman–Crippen LogP) is 1.49. The van der Waals surface area contributed by atoms with Gasteiger partial charge in [0.2, 0.25) is 21.8 Å². The van der Waals surface area contributed by atoms with Crippen LogP contribution in [0.1, 0.15) is 64.2 Å². The lowest BCUT2D eigenvalue weighted by Gasteiger charge is -2.39. The molecule has 2 atom stereocenters. The summed E-state index contributed by atoms with van der Waals surface area (Å²) in [7, 11) is -3.40. The Labute approximate surface area is 162 Å². The Morgan fingerprint density at radius 1 is 0.889 bits per heavy atom. The molecule has 0 spiro atoms. The molecule has 27 heavy (non-hydrogen) atoms. The second kappa shape index (κ2) is 8.90. The first-order valence-corrected chi connectivity index (χ1v) is 12.3. The predicted molar refractivity (Wildman–Crippen MR) is 104 cm³/mol. The van der Waals surface area contributed by atoms with Gasteiger partial charge in [0.1, 0.15) is 6.04 Å². The van der Waals surface area contributed by atoms with Crippen molar-refractivity contribution >= 4 is 21.8 Å². The fourth-order valence-corrected chi connectivity index (χ4v) is 5.84. The van der Waals surface area contributed by atoms with Crippen LogP contribution >= 0.6 is 0 Å². The molecule has 0 aromatic rings. The second-order valence-electron chi connectivity index (χ2n) is 8.35. The van der Waals surface area contributed by atoms with E-state index in [-0.39, 0.29) is 23.8 Å². The molecule has 2 amide bonds. The minimum Gasteiger partial charge on any atom is -0.353 e. The second-order valence-corrected chi connectivity index (χ2v) is 10.3. The van der Waals surface area contributed by atoms with E-state index in [1.54, 1.807) is 4.90 Å². The molecule has 7 nitrogen and oxygen atoms in total. The molecule has 3 aliphatic rings. The minimum atomic E-state index is -3.40. The molecule has 1 saturated carbocycles. The van der Waals surface area contributed by atoms with Gasteiger partial charge in [-0.2, -0.15) is 4.31 Å². The van der Waals surface area contributed by atoms with E-state index in [9.17, 15) is 18.0 Å². The highest BCUT2D eigenvalue weighted by atomic mass is 32.2. The Bertz CT molecular complexity index is 645. The van der Waals surface area contributed by atoms with Crippen molar-refractivity contribution in [2.24, 2.45) is 5.92 Å². The van der Waals surface area contributed by atoms with Gasteiger partial charge in [-0.3, -0.25) is 9.59 Å². The van der Waals surface area contributed by atoms with Crippen LogP contribution in [0.3, 0.4) is 0 Å². The number of carbonyl (C=O) groups is 2. The summed E-state index contributed by atoms with van der Waals surface area (Å²) in [5.41, 5.74) is 0. The van der Waals surface area contributed by atoms with E-state index in [0.717, 1.165) is 38.5 Å². The van der Waals surface area contributed by atoms with Crippen LogP contribution in [-0.4, -0.2) is 67.4 Å². The number of nitrogens with zero attached hydrogens (tertiary/aromatic N) is 2. The first-order valence-electron chi connectivity index (χ1n) is 10.4. The van der Waals surface area contributed by atoms with Crippen LogP contribution in [-0.2, 0) is 19.6 Å². The summed E-state index contributed by atoms with van der Waals surface area (Å²) >= 11 is 0. The summed E-state index contributed by atoms with van der Waals surface area (Å²) in [4.78, 5) is 27.5. The van der Waals surface area contributed by atoms with Gasteiger partial charge in [0.25, 0.3) is 0 Å². The number of sulfonamides is 1. The molecule has 2 heterocycles. The molecule has 0 radical (unpaired) electrons. The third kappa shape index (κ3) is 5.22. The van der Waals surface area contributed by atoms with Crippen LogP contribution in [0.2, 0.25) is 0 Å². The number of nitrogens with one attached hydrogen (secondary N) is 1. The maximum Gasteiger partial charge on any atom is 0.241 e. The van der Waals surface area contributed by atoms with Crippen molar-refractivity contribution < 1.29 is 18.0 Å². The molecule has 8 heteroatoms. The molecule has 1 N–H and O–H groups in total. The molecule has 2 saturated heterocycles. The van der Waals surface area contributed by atoms with Crippen molar-refractivity contribution in [3.8, 4) is 0 Å². The van der Waals surface area contributed by atoms with Gasteiger partial charge in [0, 0.05) is 25.7 Å². The van der Waals surface area contributed by atoms with Gasteiger partial charge >= 0.3 is 0 Å². The van der Waals surface area contributed by atoms with E-state index in [1.165, 1.54) is 29.8 Å². The number of amides is 2. The van der Waals surface area contributed by atoms with Crippen LogP contribution in [0.15, 0.2) is 0 Å². The number of hydrogen-bond donors (Lipinski definition) is 1. The van der Waals surface area contributed by atoms with Gasteiger partial charge in [-0.25, -0.2) is 8.42 Å². The molecule has 0 bridgehead atoms. The van der Waals surface area contributed by atoms with Crippen molar-refractivity contribution in [2.75, 3.05) is 25.9 Å². The van der Waals surface area contributed by atoms with Gasteiger partial charge in [0.15, 0.2) is 0 Å². The average Bonchev–Trinajstić information content (AvgIpc) is 2.67. The molecule has 1 aliphatic carbocycles. The van der Waals surface area contributed by atoms with Crippen molar-refractivity contribution in [3.05, 3.63) is 0 Å². The Morgan fingerprint density at radius 2 is 1.59 bits per heavy atom. The third-order valence-electron chi connectivity index (χ3n) is 6.22. The standard InChI is InChI=1S/C19H33N3O4S/c1-27(25,26)22-13-6-5-11-17(22)19(24)21-12-7-8-15(14-21)18(23)20-16-9-3-2-4-10-16/h15-17H,2-14H2,1H3,(H,20,23). The quantitative estimate of drug-likeness (QED) is 0.776. The smallest absolute Gasteiger partial charge is 0.241 e. The summed E-state index contributed by atoms with van der Waals surface area (Å²) in [5, 5.41) is 3.18. The molecular formula is C19H33N3O4S. The van der Waals surface area contributed by atoms with Crippen molar-refractivity contribution in [2.45, 2.75) is 76.3 Å². The summed E-state index contributed by atoms with van der Waals surface area (Å²) in [6.07, 6.45) is 10.7. The lowest BCUT2D eigenvalue weighted by molar-refractivity contribution is -0.140. The normalized spacial score (nSPS) is 28.7. The number of piperidine rings is 2. The number of rotatable bonds is 4. The number of hydrogen-bond acceptors (Lipinski definition) is 4. The first kappa shape index (κ1) is 20.6. The average molecular weight is 400 g/mol. The van der Waals surface area contributed by atoms with Crippen LogP contribution in [0.25, 0.3) is 0 Å². The minimum absolute atomic E-state index is 0.0583. The topological polar surface area (TPSA) is 86.8 Å². The molecule has 0 aromatic carbocycles. The summed E-state index contributed by atoms with van der Waals surface area (Å²) < 4.78 is 25.5. The molecule has 3 rings (SSSR count). The van der Waals surface area contributed by atoms with E-state index in [1.807, 2.05) is 0 Å². The van der Waals surface area contributed by atoms with Gasteiger partial charge < -0.3 is 10.2 Å². The van der Waals surface area contributed by atoms with Gasteiger partial charge in [-0.05, 0) is 38.5 Å². The third-order valence-corrected chi connectivity index (χ3v) is 7.51. The zero-order valence-corrected chi connectivity index (χ0v) is 17.2. The maximum absolute atomic E-state index is 13.1. The van der Waals surface area contributed by atoms with Crippen LogP contribution < -0.4 is 5.32 Å². The van der Waals surface area contributed by atoms with E-state index >= 15 is 0 Å². The fraction of sp³-hybridized carbons (Fsp3) is 0.895. The zero-order chi connectivity index (χ0) is 19.4. The van der Waals surface area contributed by atoms with Crippen LogP contribution in [0, 0.1) is 5.92 Å². The highest BCUT2D eigenvalue weighted by molar-refractivity contribution is 7.88. The highest BCUT2D eigenvalue weighted by Crippen LogP contribution is 2.25. The van der Waals surface area contributed by atoms with Gasteiger partial charge in [-0.1, -0.05) is 25.7 Å². The molecule has 2 unspecified atom stereocenters. The van der Waals surface area contributed by atoms with E-state index in [2.05, 4.69) is 5.32 Å². The van der Waals surface area contributed by atoms with Crippen LogP contribution in [0.5, 0.6) is 0 Å². The van der Waals surface area contributed by atoms with Crippen molar-refractivity contribution in [1.29, 1.82) is 0 Å². The Hall–Kier alpha value is -1.15. The maximum atomic E-state index is 13.1. The highest BCUT2D eigenvalue weighted by Gasteiger charge is 2.39. The summed E-state index contributed by atoms with van der Waals surface area (Å²) in [6.45, 7) is 1.43.